The van der Waals surface area contributed by atoms with Crippen molar-refractivity contribution in [2.24, 2.45) is 5.16 Å². The second-order valence-electron chi connectivity index (χ2n) is 3.19. The Morgan fingerprint density at radius 1 is 1.40 bits per heavy atom. The van der Waals surface area contributed by atoms with Crippen LogP contribution in [0.2, 0.25) is 19.6 Å². The van der Waals surface area contributed by atoms with Gasteiger partial charge in [-0.15, -0.1) is 5.54 Å². The molecule has 0 atom stereocenters. The maximum atomic E-state index is 8.23. The van der Waals surface area contributed by atoms with Gasteiger partial charge in [-0.2, -0.15) is 0 Å². The molecule has 0 heterocycles. The van der Waals surface area contributed by atoms with Crippen LogP contribution in [-0.4, -0.2) is 19.0 Å². The average Bonchev–Trinajstić information content (AvgIpc) is 1.81. The Morgan fingerprint density at radius 3 is 2.20 bits per heavy atom. The summed E-state index contributed by atoms with van der Waals surface area (Å²) in [5.74, 6) is 2.78. The first kappa shape index (κ1) is 9.25. The Hall–Kier alpha value is -0.753. The van der Waals surface area contributed by atoms with Crippen LogP contribution in [0.4, 0.5) is 0 Å². The van der Waals surface area contributed by atoms with E-state index in [4.69, 9.17) is 5.21 Å². The lowest BCUT2D eigenvalue weighted by Gasteiger charge is -2.02. The van der Waals surface area contributed by atoms with Crippen molar-refractivity contribution in [3.63, 3.8) is 0 Å². The third-order valence-corrected chi connectivity index (χ3v) is 1.64. The van der Waals surface area contributed by atoms with E-state index in [0.29, 0.717) is 5.71 Å². The summed E-state index contributed by atoms with van der Waals surface area (Å²) in [5.41, 5.74) is 3.56. The first-order valence-corrected chi connectivity index (χ1v) is 6.67. The van der Waals surface area contributed by atoms with Gasteiger partial charge in [-0.25, -0.2) is 0 Å². The van der Waals surface area contributed by atoms with Gasteiger partial charge in [0.25, 0.3) is 0 Å². The molecular weight excluding hydrogens is 142 g/mol. The number of nitrogens with zero attached hydrogens (tertiary/aromatic N) is 1. The third kappa shape index (κ3) is 5.38. The molecule has 0 rings (SSSR count). The fourth-order valence-electron chi connectivity index (χ4n) is 0.303. The van der Waals surface area contributed by atoms with Crippen LogP contribution in [0.5, 0.6) is 0 Å². The van der Waals surface area contributed by atoms with Crippen LogP contribution in [0.3, 0.4) is 0 Å². The maximum Gasteiger partial charge on any atom is 0.129 e. The first-order valence-electron chi connectivity index (χ1n) is 3.17. The largest absolute Gasteiger partial charge is 0.410 e. The van der Waals surface area contributed by atoms with Gasteiger partial charge in [-0.1, -0.05) is 30.7 Å². The highest BCUT2D eigenvalue weighted by Crippen LogP contribution is 1.95. The zero-order valence-electron chi connectivity index (χ0n) is 6.89. The lowest BCUT2D eigenvalue weighted by atomic mass is 10.5. The van der Waals surface area contributed by atoms with E-state index in [1.165, 1.54) is 0 Å². The number of rotatable bonds is 0. The van der Waals surface area contributed by atoms with Crippen LogP contribution < -0.4 is 0 Å². The highest BCUT2D eigenvalue weighted by molar-refractivity contribution is 6.84. The summed E-state index contributed by atoms with van der Waals surface area (Å²) in [6.07, 6.45) is 0. The molecule has 0 radical (unpaired) electrons. The molecule has 56 valence electrons. The van der Waals surface area contributed by atoms with Crippen LogP contribution in [0.1, 0.15) is 6.92 Å². The third-order valence-electron chi connectivity index (χ3n) is 0.768. The van der Waals surface area contributed by atoms with E-state index in [1.807, 2.05) is 0 Å². The van der Waals surface area contributed by atoms with Gasteiger partial charge < -0.3 is 5.21 Å². The highest BCUT2D eigenvalue weighted by Gasteiger charge is 2.07. The molecule has 0 aromatic carbocycles. The molecule has 0 unspecified atom stereocenters. The molecule has 0 saturated carbocycles. The van der Waals surface area contributed by atoms with Gasteiger partial charge >= 0.3 is 0 Å². The van der Waals surface area contributed by atoms with Gasteiger partial charge in [0.05, 0.1) is 0 Å². The van der Waals surface area contributed by atoms with Crippen molar-refractivity contribution < 1.29 is 5.21 Å². The Balaban J connectivity index is 4.19. The molecule has 0 amide bonds. The number of hydrogen-bond donors (Lipinski definition) is 1. The quantitative estimate of drug-likeness (QED) is 0.187. The maximum absolute atomic E-state index is 8.23. The summed E-state index contributed by atoms with van der Waals surface area (Å²) < 4.78 is 0. The molecular formula is C7H13NOSi. The zero-order valence-corrected chi connectivity index (χ0v) is 7.89. The molecule has 0 aromatic rings. The predicted molar refractivity (Wildman–Crippen MR) is 46.0 cm³/mol. The van der Waals surface area contributed by atoms with Crippen molar-refractivity contribution >= 4 is 13.8 Å². The fraction of sp³-hybridized carbons (Fsp3) is 0.571. The van der Waals surface area contributed by atoms with Crippen LogP contribution >= 0.6 is 0 Å². The standard InChI is InChI=1S/C7H13NOSi/c1-7(8-9)5-6-10(2,3)4/h9H,1-4H3/b8-7+. The Bertz CT molecular complexity index is 192. The smallest absolute Gasteiger partial charge is 0.129 e. The fourth-order valence-corrected chi connectivity index (χ4v) is 0.859. The van der Waals surface area contributed by atoms with E-state index in [-0.39, 0.29) is 0 Å². The zero-order chi connectivity index (χ0) is 8.20. The average molecular weight is 155 g/mol. The Morgan fingerprint density at radius 2 is 1.90 bits per heavy atom. The lowest BCUT2D eigenvalue weighted by molar-refractivity contribution is 0.319. The molecule has 0 aromatic heterocycles. The molecule has 0 aliphatic heterocycles. The molecule has 0 aliphatic carbocycles. The van der Waals surface area contributed by atoms with E-state index in [2.05, 4.69) is 36.3 Å². The Kier molecular flexibility index (Phi) is 3.17. The highest BCUT2D eigenvalue weighted by atomic mass is 28.3. The first-order chi connectivity index (χ1) is 4.45. The van der Waals surface area contributed by atoms with Gasteiger partial charge in [0.2, 0.25) is 0 Å². The Labute approximate surface area is 63.0 Å². The summed E-state index contributed by atoms with van der Waals surface area (Å²) >= 11 is 0. The molecule has 2 nitrogen and oxygen atoms in total. The summed E-state index contributed by atoms with van der Waals surface area (Å²) in [4.78, 5) is 0. The SMILES string of the molecule is C/C(C#C[Si](C)(C)C)=N\O. The minimum absolute atomic E-state index is 0.488. The van der Waals surface area contributed by atoms with Crippen molar-refractivity contribution in [3.8, 4) is 11.5 Å². The van der Waals surface area contributed by atoms with Crippen molar-refractivity contribution in [2.75, 3.05) is 0 Å². The topological polar surface area (TPSA) is 32.6 Å². The normalized spacial score (nSPS) is 12.2. The van der Waals surface area contributed by atoms with E-state index >= 15 is 0 Å². The lowest BCUT2D eigenvalue weighted by Crippen LogP contribution is -2.16. The molecule has 0 bridgehead atoms. The molecule has 0 saturated heterocycles. The van der Waals surface area contributed by atoms with Crippen molar-refractivity contribution in [1.82, 2.24) is 0 Å². The molecule has 3 heteroatoms. The molecule has 1 N–H and O–H groups in total. The molecule has 10 heavy (non-hydrogen) atoms. The van der Waals surface area contributed by atoms with E-state index in [0.717, 1.165) is 0 Å². The van der Waals surface area contributed by atoms with Crippen molar-refractivity contribution in [1.29, 1.82) is 0 Å². The van der Waals surface area contributed by atoms with E-state index in [1.54, 1.807) is 6.92 Å². The summed E-state index contributed by atoms with van der Waals surface area (Å²) in [6.45, 7) is 8.12. The van der Waals surface area contributed by atoms with Gasteiger partial charge in [0, 0.05) is 0 Å². The monoisotopic (exact) mass is 155 g/mol. The van der Waals surface area contributed by atoms with Gasteiger partial charge in [-0.3, -0.25) is 0 Å². The molecule has 0 aliphatic rings. The van der Waals surface area contributed by atoms with Gasteiger partial charge in [0.1, 0.15) is 13.8 Å². The van der Waals surface area contributed by atoms with Crippen molar-refractivity contribution in [2.45, 2.75) is 26.6 Å². The van der Waals surface area contributed by atoms with Crippen molar-refractivity contribution in [3.05, 3.63) is 0 Å². The van der Waals surface area contributed by atoms with E-state index < -0.39 is 8.07 Å². The minimum Gasteiger partial charge on any atom is -0.410 e. The van der Waals surface area contributed by atoms with Gasteiger partial charge in [0.15, 0.2) is 0 Å². The summed E-state index contributed by atoms with van der Waals surface area (Å²) in [5, 5.41) is 11.2. The second-order valence-corrected chi connectivity index (χ2v) is 7.94. The van der Waals surface area contributed by atoms with Crippen LogP contribution in [0, 0.1) is 11.5 Å². The number of hydrogen-bond acceptors (Lipinski definition) is 2. The molecule has 0 spiro atoms. The molecule has 0 fully saturated rings. The minimum atomic E-state index is -1.29. The second kappa shape index (κ2) is 3.42. The van der Waals surface area contributed by atoms with E-state index in [9.17, 15) is 0 Å². The summed E-state index contributed by atoms with van der Waals surface area (Å²) in [6, 6.07) is 0. The summed E-state index contributed by atoms with van der Waals surface area (Å²) in [7, 11) is -1.29. The van der Waals surface area contributed by atoms with Crippen LogP contribution in [-0.2, 0) is 0 Å². The van der Waals surface area contributed by atoms with Crippen LogP contribution in [0.25, 0.3) is 0 Å². The predicted octanol–water partition coefficient (Wildman–Crippen LogP) is 1.72. The van der Waals surface area contributed by atoms with Gasteiger partial charge in [-0.05, 0) is 6.92 Å². The van der Waals surface area contributed by atoms with Crippen LogP contribution in [0.15, 0.2) is 5.16 Å². The number of oxime groups is 1.